The van der Waals surface area contributed by atoms with Crippen LogP contribution in [0.5, 0.6) is 0 Å². The molecular weight excluding hydrogens is 328 g/mol. The molecule has 0 amide bonds. The summed E-state index contributed by atoms with van der Waals surface area (Å²) in [6.07, 6.45) is 3.92. The van der Waals surface area contributed by atoms with E-state index in [4.69, 9.17) is 16.4 Å². The molecule has 0 aliphatic carbocycles. The van der Waals surface area contributed by atoms with E-state index in [2.05, 4.69) is 40.0 Å². The Labute approximate surface area is 142 Å². The summed E-state index contributed by atoms with van der Waals surface area (Å²) in [5, 5.41) is 4.71. The molecule has 2 aromatic heterocycles. The van der Waals surface area contributed by atoms with Gasteiger partial charge in [0.05, 0.1) is 16.4 Å². The maximum Gasteiger partial charge on any atom is 0.110 e. The highest BCUT2D eigenvalue weighted by Gasteiger charge is 2.15. The largest absolute Gasteiger partial charge is 0.399 e. The molecule has 5 heteroatoms. The monoisotopic (exact) mass is 340 g/mol. The second-order valence-corrected chi connectivity index (χ2v) is 6.59. The molecule has 0 radical (unpaired) electrons. The van der Waals surface area contributed by atoms with Crippen molar-refractivity contribution < 1.29 is 4.84 Å². The SMILES string of the molecule is CO/N=C/c1c(-c2ccc(Cl)cc2)cn2c1sc1ccccc12. The molecule has 3 nitrogen and oxygen atoms in total. The Morgan fingerprint density at radius 3 is 2.70 bits per heavy atom. The lowest BCUT2D eigenvalue weighted by Gasteiger charge is -2.00. The number of fused-ring (bicyclic) bond motifs is 3. The summed E-state index contributed by atoms with van der Waals surface area (Å²) in [6.45, 7) is 0. The molecular formula is C18H13ClN2OS. The van der Waals surface area contributed by atoms with Crippen LogP contribution in [0.2, 0.25) is 5.02 Å². The molecule has 0 atom stereocenters. The number of benzene rings is 2. The van der Waals surface area contributed by atoms with Gasteiger partial charge in [-0.15, -0.1) is 11.3 Å². The van der Waals surface area contributed by atoms with Gasteiger partial charge in [0.1, 0.15) is 11.9 Å². The quantitative estimate of drug-likeness (QED) is 0.359. The molecule has 0 saturated carbocycles. The Balaban J connectivity index is 2.02. The lowest BCUT2D eigenvalue weighted by Crippen LogP contribution is -1.84. The Morgan fingerprint density at radius 2 is 1.91 bits per heavy atom. The molecule has 0 unspecified atom stereocenters. The molecule has 2 aromatic carbocycles. The zero-order valence-electron chi connectivity index (χ0n) is 12.4. The summed E-state index contributed by atoms with van der Waals surface area (Å²) in [6, 6.07) is 16.2. The van der Waals surface area contributed by atoms with Crippen molar-refractivity contribution >= 4 is 44.2 Å². The highest BCUT2D eigenvalue weighted by molar-refractivity contribution is 7.24. The van der Waals surface area contributed by atoms with E-state index in [1.54, 1.807) is 24.7 Å². The van der Waals surface area contributed by atoms with E-state index >= 15 is 0 Å². The zero-order chi connectivity index (χ0) is 15.8. The van der Waals surface area contributed by atoms with E-state index in [-0.39, 0.29) is 0 Å². The number of oxime groups is 1. The van der Waals surface area contributed by atoms with Gasteiger partial charge in [0.25, 0.3) is 0 Å². The Bertz CT molecular complexity index is 1010. The average Bonchev–Trinajstić information content (AvgIpc) is 3.10. The number of thiazole rings is 1. The first kappa shape index (κ1) is 14.3. The van der Waals surface area contributed by atoms with Crippen molar-refractivity contribution in [3.05, 3.63) is 65.3 Å². The molecule has 0 bridgehead atoms. The van der Waals surface area contributed by atoms with Crippen LogP contribution >= 0.6 is 22.9 Å². The van der Waals surface area contributed by atoms with Gasteiger partial charge in [0.2, 0.25) is 0 Å². The van der Waals surface area contributed by atoms with Crippen molar-refractivity contribution in [2.75, 3.05) is 7.11 Å². The van der Waals surface area contributed by atoms with Gasteiger partial charge in [-0.3, -0.25) is 0 Å². The first-order chi connectivity index (χ1) is 11.3. The van der Waals surface area contributed by atoms with Crippen molar-refractivity contribution in [1.82, 2.24) is 4.40 Å². The molecule has 4 aromatic rings. The maximum absolute atomic E-state index is 6.01. The molecule has 114 valence electrons. The van der Waals surface area contributed by atoms with Gasteiger partial charge in [-0.1, -0.05) is 41.0 Å². The van der Waals surface area contributed by atoms with Crippen LogP contribution in [0.1, 0.15) is 5.56 Å². The number of para-hydroxylation sites is 1. The third kappa shape index (κ3) is 2.40. The van der Waals surface area contributed by atoms with Crippen LogP contribution in [0.4, 0.5) is 0 Å². The van der Waals surface area contributed by atoms with E-state index in [0.717, 1.165) is 26.5 Å². The molecule has 0 aliphatic rings. The van der Waals surface area contributed by atoms with Gasteiger partial charge in [-0.2, -0.15) is 0 Å². The summed E-state index contributed by atoms with van der Waals surface area (Å²) < 4.78 is 3.46. The summed E-state index contributed by atoms with van der Waals surface area (Å²) >= 11 is 7.76. The van der Waals surface area contributed by atoms with Crippen molar-refractivity contribution in [1.29, 1.82) is 0 Å². The zero-order valence-corrected chi connectivity index (χ0v) is 13.9. The van der Waals surface area contributed by atoms with Gasteiger partial charge in [0.15, 0.2) is 0 Å². The number of aromatic nitrogens is 1. The minimum absolute atomic E-state index is 0.729. The molecule has 0 fully saturated rings. The first-order valence-electron chi connectivity index (χ1n) is 7.13. The highest BCUT2D eigenvalue weighted by Crippen LogP contribution is 2.36. The maximum atomic E-state index is 6.01. The predicted octanol–water partition coefficient (Wildman–Crippen LogP) is 5.45. The smallest absolute Gasteiger partial charge is 0.110 e. The first-order valence-corrected chi connectivity index (χ1v) is 8.32. The van der Waals surface area contributed by atoms with Gasteiger partial charge in [0, 0.05) is 22.3 Å². The molecule has 0 saturated heterocycles. The standard InChI is InChI=1S/C18H13ClN2OS/c1-22-20-10-14-15(12-6-8-13(19)9-7-12)11-21-16-4-2-3-5-17(16)23-18(14)21/h2-11H,1H3/b20-10+. The second kappa shape index (κ2) is 5.72. The number of halogens is 1. The fraction of sp³-hybridized carbons (Fsp3) is 0.0556. The van der Waals surface area contributed by atoms with Crippen molar-refractivity contribution in [2.24, 2.45) is 5.16 Å². The molecule has 23 heavy (non-hydrogen) atoms. The van der Waals surface area contributed by atoms with Crippen LogP contribution in [0.3, 0.4) is 0 Å². The Kier molecular flexibility index (Phi) is 3.56. The topological polar surface area (TPSA) is 26.0 Å². The molecule has 0 spiro atoms. The summed E-state index contributed by atoms with van der Waals surface area (Å²) in [4.78, 5) is 6.04. The minimum Gasteiger partial charge on any atom is -0.399 e. The van der Waals surface area contributed by atoms with E-state index in [1.165, 1.54) is 10.2 Å². The number of hydrogen-bond acceptors (Lipinski definition) is 3. The van der Waals surface area contributed by atoms with E-state index in [0.29, 0.717) is 0 Å². The third-order valence-electron chi connectivity index (χ3n) is 3.77. The Hall–Kier alpha value is -2.30. The Morgan fingerprint density at radius 1 is 1.13 bits per heavy atom. The van der Waals surface area contributed by atoms with E-state index in [1.807, 2.05) is 24.3 Å². The van der Waals surface area contributed by atoms with Crippen molar-refractivity contribution in [2.45, 2.75) is 0 Å². The van der Waals surface area contributed by atoms with Crippen LogP contribution < -0.4 is 0 Å². The molecule has 2 heterocycles. The average molecular weight is 341 g/mol. The van der Waals surface area contributed by atoms with E-state index in [9.17, 15) is 0 Å². The number of rotatable bonds is 3. The van der Waals surface area contributed by atoms with Crippen LogP contribution in [0.15, 0.2) is 59.9 Å². The molecule has 4 rings (SSSR count). The van der Waals surface area contributed by atoms with Gasteiger partial charge in [-0.25, -0.2) is 0 Å². The van der Waals surface area contributed by atoms with Crippen LogP contribution in [-0.2, 0) is 4.84 Å². The third-order valence-corrected chi connectivity index (χ3v) is 5.20. The molecule has 0 aliphatic heterocycles. The predicted molar refractivity (Wildman–Crippen MR) is 97.8 cm³/mol. The normalized spacial score (nSPS) is 11.7. The lowest BCUT2D eigenvalue weighted by atomic mass is 10.1. The minimum atomic E-state index is 0.729. The van der Waals surface area contributed by atoms with Gasteiger partial charge in [-0.05, 0) is 29.8 Å². The van der Waals surface area contributed by atoms with Crippen LogP contribution in [0.25, 0.3) is 26.2 Å². The lowest BCUT2D eigenvalue weighted by molar-refractivity contribution is 0.215. The van der Waals surface area contributed by atoms with Gasteiger partial charge >= 0.3 is 0 Å². The van der Waals surface area contributed by atoms with Crippen LogP contribution in [0, 0.1) is 0 Å². The highest BCUT2D eigenvalue weighted by atomic mass is 35.5. The van der Waals surface area contributed by atoms with Gasteiger partial charge < -0.3 is 9.24 Å². The summed E-state index contributed by atoms with van der Waals surface area (Å²) in [5.74, 6) is 0. The fourth-order valence-electron chi connectivity index (χ4n) is 2.72. The number of nitrogens with zero attached hydrogens (tertiary/aromatic N) is 2. The van der Waals surface area contributed by atoms with Crippen molar-refractivity contribution in [3.63, 3.8) is 0 Å². The number of hydrogen-bond donors (Lipinski definition) is 0. The van der Waals surface area contributed by atoms with E-state index < -0.39 is 0 Å². The van der Waals surface area contributed by atoms with Crippen LogP contribution in [-0.4, -0.2) is 17.7 Å². The van der Waals surface area contributed by atoms with Crippen molar-refractivity contribution in [3.8, 4) is 11.1 Å². The molecule has 0 N–H and O–H groups in total. The fourth-order valence-corrected chi connectivity index (χ4v) is 4.00. The summed E-state index contributed by atoms with van der Waals surface area (Å²) in [5.41, 5.74) is 4.46. The second-order valence-electron chi connectivity index (χ2n) is 5.13. The summed E-state index contributed by atoms with van der Waals surface area (Å²) in [7, 11) is 1.55.